The summed E-state index contributed by atoms with van der Waals surface area (Å²) in [6, 6.07) is 4.33. The van der Waals surface area contributed by atoms with Crippen LogP contribution in [0.25, 0.3) is 0 Å². The number of non-ortho nitro benzene ring substituents is 1. The molecule has 1 fully saturated rings. The Bertz CT molecular complexity index is 459. The van der Waals surface area contributed by atoms with Crippen LogP contribution in [-0.4, -0.2) is 22.2 Å². The minimum absolute atomic E-state index is 0.0324. The molecule has 1 aromatic rings. The van der Waals surface area contributed by atoms with E-state index in [1.54, 1.807) is 6.07 Å². The second kappa shape index (κ2) is 5.12. The van der Waals surface area contributed by atoms with Gasteiger partial charge in [0.15, 0.2) is 0 Å². The van der Waals surface area contributed by atoms with E-state index in [4.69, 9.17) is 11.6 Å². The highest BCUT2D eigenvalue weighted by atomic mass is 35.5. The van der Waals surface area contributed by atoms with Gasteiger partial charge < -0.3 is 10.4 Å². The minimum Gasteiger partial charge on any atom is -0.394 e. The lowest BCUT2D eigenvalue weighted by Crippen LogP contribution is -2.39. The molecule has 0 aromatic heterocycles. The van der Waals surface area contributed by atoms with Gasteiger partial charge in [0, 0.05) is 12.1 Å². The predicted molar refractivity (Wildman–Crippen MR) is 70.0 cm³/mol. The van der Waals surface area contributed by atoms with Gasteiger partial charge in [-0.1, -0.05) is 24.4 Å². The zero-order valence-corrected chi connectivity index (χ0v) is 10.6. The van der Waals surface area contributed by atoms with Gasteiger partial charge in [-0.3, -0.25) is 10.1 Å². The average Bonchev–Trinajstić information content (AvgIpc) is 2.81. The third-order valence-electron chi connectivity index (χ3n) is 3.43. The third-order valence-corrected chi connectivity index (χ3v) is 3.74. The van der Waals surface area contributed by atoms with Crippen LogP contribution in [0.4, 0.5) is 11.4 Å². The van der Waals surface area contributed by atoms with E-state index in [2.05, 4.69) is 5.32 Å². The third kappa shape index (κ3) is 2.57. The zero-order valence-electron chi connectivity index (χ0n) is 9.86. The largest absolute Gasteiger partial charge is 0.394 e. The summed E-state index contributed by atoms with van der Waals surface area (Å²) < 4.78 is 0. The van der Waals surface area contributed by atoms with Gasteiger partial charge in [-0.25, -0.2) is 0 Å². The molecule has 0 saturated heterocycles. The van der Waals surface area contributed by atoms with Crippen LogP contribution in [0.5, 0.6) is 0 Å². The second-order valence-corrected chi connectivity index (χ2v) is 5.10. The minimum atomic E-state index is -0.479. The second-order valence-electron chi connectivity index (χ2n) is 4.69. The molecule has 0 unspecified atom stereocenters. The number of aliphatic hydroxyl groups is 1. The first-order valence-electron chi connectivity index (χ1n) is 5.89. The van der Waals surface area contributed by atoms with Crippen molar-refractivity contribution in [2.45, 2.75) is 31.2 Å². The molecule has 0 radical (unpaired) electrons. The summed E-state index contributed by atoms with van der Waals surface area (Å²) in [7, 11) is 0. The van der Waals surface area contributed by atoms with Crippen LogP contribution in [0.15, 0.2) is 18.2 Å². The number of benzene rings is 1. The molecule has 2 N–H and O–H groups in total. The number of nitrogens with zero attached hydrogens (tertiary/aromatic N) is 1. The van der Waals surface area contributed by atoms with Crippen molar-refractivity contribution < 1.29 is 10.0 Å². The fourth-order valence-electron chi connectivity index (χ4n) is 2.38. The van der Waals surface area contributed by atoms with Crippen LogP contribution in [0.2, 0.25) is 5.02 Å². The summed E-state index contributed by atoms with van der Waals surface area (Å²) in [5, 5.41) is 23.7. The van der Waals surface area contributed by atoms with E-state index in [-0.39, 0.29) is 17.8 Å². The average molecular weight is 271 g/mol. The van der Waals surface area contributed by atoms with E-state index < -0.39 is 4.92 Å². The van der Waals surface area contributed by atoms with Gasteiger partial charge in [0.25, 0.3) is 5.69 Å². The number of nitro benzene ring substituents is 1. The first-order valence-corrected chi connectivity index (χ1v) is 6.27. The standard InChI is InChI=1S/C12H15ClN2O3/c13-10-7-9(15(17)18)3-4-11(10)14-12(8-16)5-1-2-6-12/h3-4,7,14,16H,1-2,5-6,8H2. The summed E-state index contributed by atoms with van der Waals surface area (Å²) in [6.07, 6.45) is 3.91. The van der Waals surface area contributed by atoms with E-state index in [9.17, 15) is 15.2 Å². The maximum absolute atomic E-state index is 10.6. The zero-order chi connectivity index (χ0) is 13.2. The number of anilines is 1. The number of nitro groups is 1. The Morgan fingerprint density at radius 2 is 2.11 bits per heavy atom. The van der Waals surface area contributed by atoms with Crippen molar-refractivity contribution in [2.24, 2.45) is 0 Å². The van der Waals surface area contributed by atoms with Gasteiger partial charge in [-0.2, -0.15) is 0 Å². The van der Waals surface area contributed by atoms with Crippen LogP contribution in [-0.2, 0) is 0 Å². The first-order chi connectivity index (χ1) is 8.56. The Hall–Kier alpha value is -1.33. The highest BCUT2D eigenvalue weighted by Crippen LogP contribution is 2.36. The lowest BCUT2D eigenvalue weighted by molar-refractivity contribution is -0.384. The van der Waals surface area contributed by atoms with Crippen molar-refractivity contribution in [1.82, 2.24) is 0 Å². The van der Waals surface area contributed by atoms with E-state index >= 15 is 0 Å². The van der Waals surface area contributed by atoms with Crippen LogP contribution in [0, 0.1) is 10.1 Å². The van der Waals surface area contributed by atoms with Crippen molar-refractivity contribution in [3.05, 3.63) is 33.3 Å². The van der Waals surface area contributed by atoms with Gasteiger partial charge in [0.2, 0.25) is 0 Å². The van der Waals surface area contributed by atoms with Gasteiger partial charge in [-0.05, 0) is 18.9 Å². The SMILES string of the molecule is O=[N+]([O-])c1ccc(NC2(CO)CCCC2)c(Cl)c1. The predicted octanol–water partition coefficient (Wildman–Crippen LogP) is 2.97. The van der Waals surface area contributed by atoms with Gasteiger partial charge in [0.1, 0.15) is 0 Å². The van der Waals surface area contributed by atoms with Gasteiger partial charge in [0.05, 0.1) is 27.8 Å². The molecule has 5 nitrogen and oxygen atoms in total. The molecule has 98 valence electrons. The lowest BCUT2D eigenvalue weighted by atomic mass is 9.98. The molecule has 1 saturated carbocycles. The van der Waals surface area contributed by atoms with Gasteiger partial charge >= 0.3 is 0 Å². The number of nitrogens with one attached hydrogen (secondary N) is 1. The van der Waals surface area contributed by atoms with Crippen molar-refractivity contribution >= 4 is 23.0 Å². The molecule has 0 bridgehead atoms. The van der Waals surface area contributed by atoms with E-state index in [1.165, 1.54) is 12.1 Å². The molecule has 1 aliphatic rings. The first kappa shape index (κ1) is 13.1. The van der Waals surface area contributed by atoms with Crippen molar-refractivity contribution in [3.63, 3.8) is 0 Å². The molecule has 6 heteroatoms. The highest BCUT2D eigenvalue weighted by Gasteiger charge is 2.33. The maximum Gasteiger partial charge on any atom is 0.271 e. The molecule has 1 aliphatic carbocycles. The van der Waals surface area contributed by atoms with Crippen LogP contribution < -0.4 is 5.32 Å². The molecule has 0 atom stereocenters. The van der Waals surface area contributed by atoms with Crippen LogP contribution in [0.3, 0.4) is 0 Å². The monoisotopic (exact) mass is 270 g/mol. The van der Waals surface area contributed by atoms with Crippen LogP contribution >= 0.6 is 11.6 Å². The lowest BCUT2D eigenvalue weighted by Gasteiger charge is -2.29. The number of hydrogen-bond acceptors (Lipinski definition) is 4. The molecule has 0 amide bonds. The van der Waals surface area contributed by atoms with Crippen LogP contribution in [0.1, 0.15) is 25.7 Å². The Morgan fingerprint density at radius 3 is 2.61 bits per heavy atom. The molecule has 0 aliphatic heterocycles. The summed E-state index contributed by atoms with van der Waals surface area (Å²) in [5.41, 5.74) is 0.271. The smallest absolute Gasteiger partial charge is 0.271 e. The Labute approximate surface area is 110 Å². The number of hydrogen-bond donors (Lipinski definition) is 2. The fourth-order valence-corrected chi connectivity index (χ4v) is 2.60. The van der Waals surface area contributed by atoms with Crippen molar-refractivity contribution in [2.75, 3.05) is 11.9 Å². The summed E-state index contributed by atoms with van der Waals surface area (Å²) in [5.74, 6) is 0. The summed E-state index contributed by atoms with van der Waals surface area (Å²) in [4.78, 5) is 10.1. The number of aliphatic hydroxyl groups excluding tert-OH is 1. The molecule has 2 rings (SSSR count). The number of rotatable bonds is 4. The van der Waals surface area contributed by atoms with E-state index in [0.717, 1.165) is 25.7 Å². The molecular weight excluding hydrogens is 256 g/mol. The van der Waals surface area contributed by atoms with E-state index in [0.29, 0.717) is 10.7 Å². The molecule has 0 spiro atoms. The molecule has 18 heavy (non-hydrogen) atoms. The highest BCUT2D eigenvalue weighted by molar-refractivity contribution is 6.33. The summed E-state index contributed by atoms with van der Waals surface area (Å²) >= 11 is 6.02. The molecule has 0 heterocycles. The molecule has 1 aromatic carbocycles. The Kier molecular flexibility index (Phi) is 3.73. The van der Waals surface area contributed by atoms with Crippen molar-refractivity contribution in [3.8, 4) is 0 Å². The topological polar surface area (TPSA) is 75.4 Å². The fraction of sp³-hybridized carbons (Fsp3) is 0.500. The Balaban J connectivity index is 2.21. The summed E-state index contributed by atoms with van der Waals surface area (Å²) in [6.45, 7) is 0.0420. The van der Waals surface area contributed by atoms with Gasteiger partial charge in [-0.15, -0.1) is 0 Å². The quantitative estimate of drug-likeness (QED) is 0.651. The normalized spacial score (nSPS) is 17.7. The van der Waals surface area contributed by atoms with Crippen molar-refractivity contribution in [1.29, 1.82) is 0 Å². The number of halogens is 1. The van der Waals surface area contributed by atoms with E-state index in [1.807, 2.05) is 0 Å². The maximum atomic E-state index is 10.6. The molecular formula is C12H15ClN2O3. The Morgan fingerprint density at radius 1 is 1.44 bits per heavy atom.